The number of amides is 2. The van der Waals surface area contributed by atoms with Crippen molar-refractivity contribution in [2.45, 2.75) is 19.8 Å². The molecule has 0 bridgehead atoms. The maximum absolute atomic E-state index is 12.1. The maximum atomic E-state index is 12.1. The third-order valence-electron chi connectivity index (χ3n) is 3.69. The fraction of sp³-hybridized carbons (Fsp3) is 0.222. The summed E-state index contributed by atoms with van der Waals surface area (Å²) in [6.07, 6.45) is 4.44. The minimum Gasteiger partial charge on any atom is -0.462 e. The lowest BCUT2D eigenvalue weighted by Gasteiger charge is -2.19. The average Bonchev–Trinajstić information content (AvgIpc) is 3.14. The summed E-state index contributed by atoms with van der Waals surface area (Å²) in [5, 5.41) is 2.82. The summed E-state index contributed by atoms with van der Waals surface area (Å²) in [6.45, 7) is 2.54. The Morgan fingerprint density at radius 2 is 2.09 bits per heavy atom. The number of hydrogen-bond donors (Lipinski definition) is 1. The highest BCUT2D eigenvalue weighted by Gasteiger charge is 2.23. The van der Waals surface area contributed by atoms with Crippen molar-refractivity contribution in [3.05, 3.63) is 54.0 Å². The fourth-order valence-electron chi connectivity index (χ4n) is 2.59. The first-order valence-electron chi connectivity index (χ1n) is 7.58. The van der Waals surface area contributed by atoms with E-state index in [1.54, 1.807) is 23.1 Å². The first-order valence-corrected chi connectivity index (χ1v) is 7.58. The Morgan fingerprint density at radius 3 is 2.78 bits per heavy atom. The molecule has 0 atom stereocenters. The Hall–Kier alpha value is -2.82. The zero-order chi connectivity index (χ0) is 16.2. The van der Waals surface area contributed by atoms with Gasteiger partial charge in [0.25, 0.3) is 0 Å². The van der Waals surface area contributed by atoms with E-state index in [2.05, 4.69) is 5.32 Å². The predicted octanol–water partition coefficient (Wildman–Crippen LogP) is 3.37. The second-order valence-electron chi connectivity index (χ2n) is 5.44. The SMILES string of the molecule is Cc1ccc(/C=C/C(=O)Nc2ccccc2N2CCCC2=O)o1. The third kappa shape index (κ3) is 3.51. The normalized spacial score (nSPS) is 14.7. The van der Waals surface area contributed by atoms with Crippen molar-refractivity contribution in [3.8, 4) is 0 Å². The van der Waals surface area contributed by atoms with Crippen LogP contribution in [0, 0.1) is 6.92 Å². The highest BCUT2D eigenvalue weighted by atomic mass is 16.3. The molecule has 1 saturated heterocycles. The zero-order valence-electron chi connectivity index (χ0n) is 12.9. The van der Waals surface area contributed by atoms with Gasteiger partial charge in [0.15, 0.2) is 0 Å². The highest BCUT2D eigenvalue weighted by molar-refractivity contribution is 6.06. The molecule has 0 aliphatic carbocycles. The number of carbonyl (C=O) groups is 2. The molecule has 23 heavy (non-hydrogen) atoms. The molecule has 2 heterocycles. The van der Waals surface area contributed by atoms with Gasteiger partial charge in [-0.05, 0) is 43.7 Å². The van der Waals surface area contributed by atoms with E-state index in [4.69, 9.17) is 4.42 Å². The number of rotatable bonds is 4. The second-order valence-corrected chi connectivity index (χ2v) is 5.44. The van der Waals surface area contributed by atoms with Gasteiger partial charge in [0.05, 0.1) is 11.4 Å². The van der Waals surface area contributed by atoms with E-state index in [0.29, 0.717) is 24.4 Å². The molecule has 5 nitrogen and oxygen atoms in total. The monoisotopic (exact) mass is 310 g/mol. The van der Waals surface area contributed by atoms with Gasteiger partial charge in [0.2, 0.25) is 11.8 Å². The molecule has 1 aliphatic heterocycles. The molecule has 118 valence electrons. The van der Waals surface area contributed by atoms with E-state index in [1.807, 2.05) is 31.2 Å². The number of anilines is 2. The number of hydrogen-bond acceptors (Lipinski definition) is 3. The van der Waals surface area contributed by atoms with E-state index >= 15 is 0 Å². The Labute approximate surface area is 134 Å². The molecular weight excluding hydrogens is 292 g/mol. The van der Waals surface area contributed by atoms with Crippen molar-refractivity contribution in [2.24, 2.45) is 0 Å². The lowest BCUT2D eigenvalue weighted by Crippen LogP contribution is -2.25. The number of para-hydroxylation sites is 2. The van der Waals surface area contributed by atoms with Crippen LogP contribution >= 0.6 is 0 Å². The lowest BCUT2D eigenvalue weighted by atomic mass is 10.2. The van der Waals surface area contributed by atoms with Gasteiger partial charge < -0.3 is 14.6 Å². The van der Waals surface area contributed by atoms with Crippen molar-refractivity contribution >= 4 is 29.3 Å². The van der Waals surface area contributed by atoms with Gasteiger partial charge in [-0.15, -0.1) is 0 Å². The van der Waals surface area contributed by atoms with Gasteiger partial charge in [-0.3, -0.25) is 9.59 Å². The molecule has 0 spiro atoms. The van der Waals surface area contributed by atoms with Crippen LogP contribution in [0.2, 0.25) is 0 Å². The van der Waals surface area contributed by atoms with Gasteiger partial charge in [0.1, 0.15) is 11.5 Å². The van der Waals surface area contributed by atoms with Crippen LogP contribution in [-0.4, -0.2) is 18.4 Å². The Bertz CT molecular complexity index is 761. The Morgan fingerprint density at radius 1 is 1.26 bits per heavy atom. The number of aryl methyl sites for hydroxylation is 1. The number of benzene rings is 1. The van der Waals surface area contributed by atoms with E-state index in [9.17, 15) is 9.59 Å². The van der Waals surface area contributed by atoms with E-state index in [0.717, 1.165) is 17.9 Å². The summed E-state index contributed by atoms with van der Waals surface area (Å²) >= 11 is 0. The van der Waals surface area contributed by atoms with Crippen LogP contribution in [0.15, 0.2) is 46.9 Å². The lowest BCUT2D eigenvalue weighted by molar-refractivity contribution is -0.117. The first kappa shape index (κ1) is 15.1. The van der Waals surface area contributed by atoms with Crippen molar-refractivity contribution in [2.75, 3.05) is 16.8 Å². The number of furan rings is 1. The molecule has 1 aliphatic rings. The minimum absolute atomic E-state index is 0.0910. The number of nitrogens with one attached hydrogen (secondary N) is 1. The van der Waals surface area contributed by atoms with Gasteiger partial charge in [-0.2, -0.15) is 0 Å². The molecule has 1 aromatic carbocycles. The van der Waals surface area contributed by atoms with Crippen molar-refractivity contribution < 1.29 is 14.0 Å². The molecule has 0 radical (unpaired) electrons. The molecule has 5 heteroatoms. The summed E-state index contributed by atoms with van der Waals surface area (Å²) in [7, 11) is 0. The van der Waals surface area contributed by atoms with E-state index in [-0.39, 0.29) is 11.8 Å². The molecule has 1 fully saturated rings. The predicted molar refractivity (Wildman–Crippen MR) is 89.1 cm³/mol. The third-order valence-corrected chi connectivity index (χ3v) is 3.69. The Kier molecular flexibility index (Phi) is 4.28. The van der Waals surface area contributed by atoms with Crippen LogP contribution < -0.4 is 10.2 Å². The fourth-order valence-corrected chi connectivity index (χ4v) is 2.59. The summed E-state index contributed by atoms with van der Waals surface area (Å²) in [5.41, 5.74) is 1.37. The van der Waals surface area contributed by atoms with Crippen LogP contribution in [0.4, 0.5) is 11.4 Å². The Balaban J connectivity index is 1.73. The molecule has 0 unspecified atom stereocenters. The molecule has 2 aromatic rings. The first-order chi connectivity index (χ1) is 11.1. The van der Waals surface area contributed by atoms with Crippen molar-refractivity contribution in [1.29, 1.82) is 0 Å². The quantitative estimate of drug-likeness (QED) is 0.881. The summed E-state index contributed by atoms with van der Waals surface area (Å²) in [4.78, 5) is 25.7. The zero-order valence-corrected chi connectivity index (χ0v) is 12.9. The summed E-state index contributed by atoms with van der Waals surface area (Å²) < 4.78 is 5.38. The molecular formula is C18H18N2O3. The van der Waals surface area contributed by atoms with Crippen LogP contribution in [0.1, 0.15) is 24.4 Å². The summed E-state index contributed by atoms with van der Waals surface area (Å²) in [6, 6.07) is 11.0. The van der Waals surface area contributed by atoms with Gasteiger partial charge in [-0.1, -0.05) is 12.1 Å². The molecule has 0 saturated carbocycles. The number of carbonyl (C=O) groups excluding carboxylic acids is 2. The van der Waals surface area contributed by atoms with Crippen molar-refractivity contribution in [1.82, 2.24) is 0 Å². The second kappa shape index (κ2) is 6.52. The van der Waals surface area contributed by atoms with Gasteiger partial charge in [-0.25, -0.2) is 0 Å². The van der Waals surface area contributed by atoms with Crippen LogP contribution in [-0.2, 0) is 9.59 Å². The molecule has 1 aromatic heterocycles. The maximum Gasteiger partial charge on any atom is 0.248 e. The topological polar surface area (TPSA) is 62.6 Å². The highest BCUT2D eigenvalue weighted by Crippen LogP contribution is 2.29. The summed E-state index contributed by atoms with van der Waals surface area (Å²) in [5.74, 6) is 1.25. The molecule has 1 N–H and O–H groups in total. The largest absolute Gasteiger partial charge is 0.462 e. The minimum atomic E-state index is -0.266. The van der Waals surface area contributed by atoms with Crippen molar-refractivity contribution in [3.63, 3.8) is 0 Å². The van der Waals surface area contributed by atoms with Crippen LogP contribution in [0.5, 0.6) is 0 Å². The molecule has 3 rings (SSSR count). The van der Waals surface area contributed by atoms with Gasteiger partial charge in [0, 0.05) is 19.0 Å². The van der Waals surface area contributed by atoms with Crippen LogP contribution in [0.3, 0.4) is 0 Å². The smallest absolute Gasteiger partial charge is 0.248 e. The van der Waals surface area contributed by atoms with Gasteiger partial charge >= 0.3 is 0 Å². The van der Waals surface area contributed by atoms with E-state index < -0.39 is 0 Å². The molecule has 2 amide bonds. The van der Waals surface area contributed by atoms with E-state index in [1.165, 1.54) is 6.08 Å². The van der Waals surface area contributed by atoms with Crippen LogP contribution in [0.25, 0.3) is 6.08 Å². The number of nitrogens with zero attached hydrogens (tertiary/aromatic N) is 1. The average molecular weight is 310 g/mol. The standard InChI is InChI=1S/C18H18N2O3/c1-13-8-9-14(23-13)10-11-17(21)19-15-5-2-3-6-16(15)20-12-4-7-18(20)22/h2-3,5-6,8-11H,4,7,12H2,1H3,(H,19,21)/b11-10+.